The van der Waals surface area contributed by atoms with Crippen LogP contribution in [0.3, 0.4) is 0 Å². The fourth-order valence-corrected chi connectivity index (χ4v) is 2.18. The van der Waals surface area contributed by atoms with Gasteiger partial charge in [0.2, 0.25) is 5.95 Å². The Labute approximate surface area is 109 Å². The third-order valence-electron chi connectivity index (χ3n) is 3.17. The van der Waals surface area contributed by atoms with Crippen LogP contribution in [0, 0.1) is 5.92 Å². The van der Waals surface area contributed by atoms with E-state index in [1.165, 1.54) is 0 Å². The minimum Gasteiger partial charge on any atom is -0.381 e. The van der Waals surface area contributed by atoms with Crippen LogP contribution in [0.4, 0.5) is 11.8 Å². The van der Waals surface area contributed by atoms with E-state index >= 15 is 0 Å². The van der Waals surface area contributed by atoms with E-state index in [-0.39, 0.29) is 0 Å². The first-order valence-corrected chi connectivity index (χ1v) is 6.67. The van der Waals surface area contributed by atoms with Gasteiger partial charge in [-0.15, -0.1) is 0 Å². The molecule has 1 aliphatic rings. The zero-order valence-corrected chi connectivity index (χ0v) is 11.2. The average Bonchev–Trinajstić information content (AvgIpc) is 2.88. The molecule has 1 atom stereocenters. The Morgan fingerprint density at radius 1 is 1.56 bits per heavy atom. The number of anilines is 2. The molecule has 2 rings (SSSR count). The second kappa shape index (κ2) is 6.54. The van der Waals surface area contributed by atoms with Gasteiger partial charge in [0.15, 0.2) is 0 Å². The lowest BCUT2D eigenvalue weighted by Crippen LogP contribution is -2.23. The number of ether oxygens (including phenoxy) is 1. The summed E-state index contributed by atoms with van der Waals surface area (Å²) in [6.45, 7) is 5.88. The highest BCUT2D eigenvalue weighted by Gasteiger charge is 2.24. The SMILES string of the molecule is CCCOCC1CCN(c2nccc(NC)n2)C1. The van der Waals surface area contributed by atoms with Crippen molar-refractivity contribution in [1.29, 1.82) is 0 Å². The van der Waals surface area contributed by atoms with E-state index < -0.39 is 0 Å². The number of nitrogens with one attached hydrogen (secondary N) is 1. The minimum absolute atomic E-state index is 0.610. The third-order valence-corrected chi connectivity index (χ3v) is 3.17. The van der Waals surface area contributed by atoms with Crippen molar-refractivity contribution in [2.45, 2.75) is 19.8 Å². The van der Waals surface area contributed by atoms with E-state index in [0.717, 1.165) is 50.9 Å². The maximum absolute atomic E-state index is 5.62. The highest BCUT2D eigenvalue weighted by atomic mass is 16.5. The molecule has 1 N–H and O–H groups in total. The monoisotopic (exact) mass is 250 g/mol. The van der Waals surface area contributed by atoms with Crippen molar-refractivity contribution in [2.75, 3.05) is 43.6 Å². The standard InChI is InChI=1S/C13H22N4O/c1-3-8-18-10-11-5-7-17(9-11)13-15-6-4-12(14-2)16-13/h4,6,11H,3,5,7-10H2,1-2H3,(H,14,15,16). The summed E-state index contributed by atoms with van der Waals surface area (Å²) in [4.78, 5) is 11.0. The van der Waals surface area contributed by atoms with Gasteiger partial charge >= 0.3 is 0 Å². The smallest absolute Gasteiger partial charge is 0.227 e. The molecular formula is C13H22N4O. The molecule has 100 valence electrons. The molecule has 1 aromatic heterocycles. The van der Waals surface area contributed by atoms with Crippen molar-refractivity contribution in [3.63, 3.8) is 0 Å². The van der Waals surface area contributed by atoms with Crippen LogP contribution in [0.2, 0.25) is 0 Å². The average molecular weight is 250 g/mol. The molecule has 1 unspecified atom stereocenters. The van der Waals surface area contributed by atoms with Gasteiger partial charge in [-0.3, -0.25) is 0 Å². The van der Waals surface area contributed by atoms with Crippen molar-refractivity contribution in [3.05, 3.63) is 12.3 Å². The van der Waals surface area contributed by atoms with Crippen molar-refractivity contribution in [1.82, 2.24) is 9.97 Å². The summed E-state index contributed by atoms with van der Waals surface area (Å²) >= 11 is 0. The van der Waals surface area contributed by atoms with Gasteiger partial charge in [0.25, 0.3) is 0 Å². The molecule has 0 bridgehead atoms. The van der Waals surface area contributed by atoms with Crippen molar-refractivity contribution in [2.24, 2.45) is 5.92 Å². The van der Waals surface area contributed by atoms with Crippen LogP contribution in [0.25, 0.3) is 0 Å². The Balaban J connectivity index is 1.87. The summed E-state index contributed by atoms with van der Waals surface area (Å²) in [5.74, 6) is 2.30. The van der Waals surface area contributed by atoms with E-state index in [2.05, 4.69) is 27.1 Å². The second-order valence-corrected chi connectivity index (χ2v) is 4.67. The first-order chi connectivity index (χ1) is 8.83. The predicted octanol–water partition coefficient (Wildman–Crippen LogP) is 1.77. The maximum Gasteiger partial charge on any atom is 0.227 e. The van der Waals surface area contributed by atoms with E-state index in [9.17, 15) is 0 Å². The lowest BCUT2D eigenvalue weighted by atomic mass is 10.1. The molecule has 5 heteroatoms. The van der Waals surface area contributed by atoms with Crippen molar-refractivity contribution >= 4 is 11.8 Å². The Morgan fingerprint density at radius 2 is 2.44 bits per heavy atom. The number of rotatable bonds is 6. The zero-order chi connectivity index (χ0) is 12.8. The quantitative estimate of drug-likeness (QED) is 0.780. The van der Waals surface area contributed by atoms with Crippen LogP contribution < -0.4 is 10.2 Å². The number of aromatic nitrogens is 2. The first-order valence-electron chi connectivity index (χ1n) is 6.67. The highest BCUT2D eigenvalue weighted by molar-refractivity contribution is 5.41. The topological polar surface area (TPSA) is 50.3 Å². The zero-order valence-electron chi connectivity index (χ0n) is 11.2. The van der Waals surface area contributed by atoms with Crippen LogP contribution in [0.5, 0.6) is 0 Å². The Kier molecular flexibility index (Phi) is 4.75. The molecule has 0 spiro atoms. The molecule has 0 radical (unpaired) electrons. The van der Waals surface area contributed by atoms with E-state index in [1.54, 1.807) is 6.20 Å². The summed E-state index contributed by atoms with van der Waals surface area (Å²) in [6, 6.07) is 1.88. The van der Waals surface area contributed by atoms with E-state index in [1.807, 2.05) is 13.1 Å². The van der Waals surface area contributed by atoms with E-state index in [0.29, 0.717) is 5.92 Å². The summed E-state index contributed by atoms with van der Waals surface area (Å²) in [5, 5.41) is 3.04. The predicted molar refractivity (Wildman–Crippen MR) is 73.0 cm³/mol. The molecule has 0 amide bonds. The van der Waals surface area contributed by atoms with Crippen LogP contribution in [-0.2, 0) is 4.74 Å². The number of hydrogen-bond acceptors (Lipinski definition) is 5. The first kappa shape index (κ1) is 13.1. The summed E-state index contributed by atoms with van der Waals surface area (Å²) in [6.07, 6.45) is 4.05. The molecule has 1 fully saturated rings. The summed E-state index contributed by atoms with van der Waals surface area (Å²) < 4.78 is 5.62. The second-order valence-electron chi connectivity index (χ2n) is 4.67. The van der Waals surface area contributed by atoms with Crippen molar-refractivity contribution in [3.8, 4) is 0 Å². The highest BCUT2D eigenvalue weighted by Crippen LogP contribution is 2.21. The van der Waals surface area contributed by atoms with Gasteiger partial charge in [0.1, 0.15) is 5.82 Å². The van der Waals surface area contributed by atoms with Crippen LogP contribution >= 0.6 is 0 Å². The van der Waals surface area contributed by atoms with E-state index in [4.69, 9.17) is 4.74 Å². The van der Waals surface area contributed by atoms with Gasteiger partial charge in [0, 0.05) is 38.9 Å². The molecular weight excluding hydrogens is 228 g/mol. The van der Waals surface area contributed by atoms with Crippen LogP contribution in [0.1, 0.15) is 19.8 Å². The maximum atomic E-state index is 5.62. The van der Waals surface area contributed by atoms with Gasteiger partial charge in [-0.25, -0.2) is 4.98 Å². The number of nitrogens with zero attached hydrogens (tertiary/aromatic N) is 3. The molecule has 1 saturated heterocycles. The molecule has 0 saturated carbocycles. The normalized spacial score (nSPS) is 19.2. The van der Waals surface area contributed by atoms with Gasteiger partial charge in [-0.1, -0.05) is 6.92 Å². The lowest BCUT2D eigenvalue weighted by Gasteiger charge is -2.16. The summed E-state index contributed by atoms with van der Waals surface area (Å²) in [5.41, 5.74) is 0. The molecule has 0 aromatic carbocycles. The Bertz CT molecular complexity index is 372. The molecule has 5 nitrogen and oxygen atoms in total. The summed E-state index contributed by atoms with van der Waals surface area (Å²) in [7, 11) is 1.87. The fraction of sp³-hybridized carbons (Fsp3) is 0.692. The lowest BCUT2D eigenvalue weighted by molar-refractivity contribution is 0.106. The molecule has 1 aromatic rings. The minimum atomic E-state index is 0.610. The Morgan fingerprint density at radius 3 is 3.22 bits per heavy atom. The van der Waals surface area contributed by atoms with Gasteiger partial charge in [0.05, 0.1) is 6.61 Å². The third kappa shape index (κ3) is 3.32. The van der Waals surface area contributed by atoms with Crippen LogP contribution in [-0.4, -0.2) is 43.3 Å². The van der Waals surface area contributed by atoms with Crippen molar-refractivity contribution < 1.29 is 4.74 Å². The Hall–Kier alpha value is -1.36. The molecule has 2 heterocycles. The largest absolute Gasteiger partial charge is 0.381 e. The fourth-order valence-electron chi connectivity index (χ4n) is 2.18. The molecule has 18 heavy (non-hydrogen) atoms. The van der Waals surface area contributed by atoms with Crippen LogP contribution in [0.15, 0.2) is 12.3 Å². The molecule has 0 aliphatic carbocycles. The molecule has 1 aliphatic heterocycles. The van der Waals surface area contributed by atoms with Gasteiger partial charge in [-0.2, -0.15) is 4.98 Å². The van der Waals surface area contributed by atoms with Gasteiger partial charge < -0.3 is 15.0 Å². The number of hydrogen-bond donors (Lipinski definition) is 1. The van der Waals surface area contributed by atoms with Gasteiger partial charge in [-0.05, 0) is 18.9 Å².